The van der Waals surface area contributed by atoms with Gasteiger partial charge in [-0.15, -0.1) is 0 Å². The molecule has 0 aliphatic rings. The summed E-state index contributed by atoms with van der Waals surface area (Å²) >= 11 is 0. The van der Waals surface area contributed by atoms with Crippen LogP contribution in [-0.4, -0.2) is 36.7 Å². The first-order valence-corrected chi connectivity index (χ1v) is 5.94. The molecule has 0 saturated heterocycles. The highest BCUT2D eigenvalue weighted by Crippen LogP contribution is 2.16. The molecule has 4 nitrogen and oxygen atoms in total. The van der Waals surface area contributed by atoms with Crippen LogP contribution in [0.25, 0.3) is 0 Å². The second kappa shape index (κ2) is 4.39. The molecule has 0 heterocycles. The molecule has 0 aromatic carbocycles. The van der Waals surface area contributed by atoms with Crippen LogP contribution in [0, 0.1) is 0 Å². The van der Waals surface area contributed by atoms with Crippen LogP contribution in [0.1, 0.15) is 27.2 Å². The lowest BCUT2D eigenvalue weighted by Gasteiger charge is -2.19. The first kappa shape index (κ1) is 12.9. The molecule has 0 fully saturated rings. The van der Waals surface area contributed by atoms with Crippen LogP contribution < -0.4 is 5.73 Å². The Bertz CT molecular complexity index is 241. The fourth-order valence-electron chi connectivity index (χ4n) is 0.704. The van der Waals surface area contributed by atoms with Crippen molar-refractivity contribution in [1.29, 1.82) is 0 Å². The second-order valence-electron chi connectivity index (χ2n) is 4.16. The Balaban J connectivity index is 4.22. The summed E-state index contributed by atoms with van der Waals surface area (Å²) in [5.41, 5.74) is 5.41. The fraction of sp³-hybridized carbons (Fsp3) is 1.00. The zero-order chi connectivity index (χ0) is 10.7. The van der Waals surface area contributed by atoms with Gasteiger partial charge in [0, 0.05) is 6.04 Å². The van der Waals surface area contributed by atoms with E-state index in [2.05, 4.69) is 0 Å². The molecule has 0 amide bonds. The summed E-state index contributed by atoms with van der Waals surface area (Å²) in [6.07, 6.45) is 0.316. The average Bonchev–Trinajstić information content (AvgIpc) is 1.98. The van der Waals surface area contributed by atoms with Gasteiger partial charge in [-0.3, -0.25) is 0 Å². The van der Waals surface area contributed by atoms with Crippen LogP contribution in [0.5, 0.6) is 0 Å². The number of aliphatic hydroxyl groups is 1. The number of nitrogens with two attached hydrogens (primary N) is 1. The molecule has 5 heteroatoms. The SMILES string of the molecule is CC(C)(C)S(=O)(=O)CCC(N)CO. The lowest BCUT2D eigenvalue weighted by molar-refractivity contribution is 0.263. The maximum Gasteiger partial charge on any atom is 0.155 e. The molecular formula is C8H19NO3S. The predicted octanol–water partition coefficient (Wildman–Crippen LogP) is -0.0906. The molecule has 0 radical (unpaired) electrons. The minimum atomic E-state index is -3.09. The maximum absolute atomic E-state index is 11.5. The van der Waals surface area contributed by atoms with Gasteiger partial charge in [-0.2, -0.15) is 0 Å². The van der Waals surface area contributed by atoms with Crippen molar-refractivity contribution >= 4 is 9.84 Å². The Hall–Kier alpha value is -0.130. The molecule has 0 spiro atoms. The van der Waals surface area contributed by atoms with E-state index in [1.807, 2.05) is 0 Å². The number of aliphatic hydroxyl groups excluding tert-OH is 1. The molecule has 0 aliphatic heterocycles. The number of rotatable bonds is 4. The highest BCUT2D eigenvalue weighted by atomic mass is 32.2. The van der Waals surface area contributed by atoms with E-state index < -0.39 is 20.6 Å². The molecule has 13 heavy (non-hydrogen) atoms. The van der Waals surface area contributed by atoms with Gasteiger partial charge in [-0.05, 0) is 27.2 Å². The minimum absolute atomic E-state index is 0.0399. The smallest absolute Gasteiger partial charge is 0.155 e. The maximum atomic E-state index is 11.5. The van der Waals surface area contributed by atoms with E-state index in [0.29, 0.717) is 6.42 Å². The van der Waals surface area contributed by atoms with Crippen molar-refractivity contribution in [2.45, 2.75) is 38.0 Å². The third kappa shape index (κ3) is 4.06. The summed E-state index contributed by atoms with van der Waals surface area (Å²) in [4.78, 5) is 0. The molecule has 1 atom stereocenters. The van der Waals surface area contributed by atoms with Crippen molar-refractivity contribution < 1.29 is 13.5 Å². The van der Waals surface area contributed by atoms with Crippen molar-refractivity contribution in [2.75, 3.05) is 12.4 Å². The number of hydrogen-bond donors (Lipinski definition) is 2. The van der Waals surface area contributed by atoms with Crippen molar-refractivity contribution in [3.8, 4) is 0 Å². The minimum Gasteiger partial charge on any atom is -0.395 e. The average molecular weight is 209 g/mol. The molecule has 0 bridgehead atoms. The van der Waals surface area contributed by atoms with Crippen LogP contribution in [0.2, 0.25) is 0 Å². The molecular weight excluding hydrogens is 190 g/mol. The highest BCUT2D eigenvalue weighted by Gasteiger charge is 2.28. The molecule has 0 aromatic rings. The van der Waals surface area contributed by atoms with Crippen LogP contribution in [0.3, 0.4) is 0 Å². The van der Waals surface area contributed by atoms with Crippen molar-refractivity contribution in [3.63, 3.8) is 0 Å². The standard InChI is InChI=1S/C8H19NO3S/c1-8(2,3)13(11,12)5-4-7(9)6-10/h7,10H,4-6,9H2,1-3H3. The summed E-state index contributed by atoms with van der Waals surface area (Å²) in [5.74, 6) is 0.0399. The van der Waals surface area contributed by atoms with Gasteiger partial charge < -0.3 is 10.8 Å². The van der Waals surface area contributed by atoms with E-state index >= 15 is 0 Å². The van der Waals surface area contributed by atoms with E-state index in [4.69, 9.17) is 10.8 Å². The van der Waals surface area contributed by atoms with E-state index in [1.165, 1.54) is 0 Å². The molecule has 1 unspecified atom stereocenters. The molecule has 0 aromatic heterocycles. The van der Waals surface area contributed by atoms with Gasteiger partial charge in [0.1, 0.15) is 0 Å². The van der Waals surface area contributed by atoms with Crippen LogP contribution in [0.15, 0.2) is 0 Å². The third-order valence-corrected chi connectivity index (χ3v) is 4.56. The van der Waals surface area contributed by atoms with Gasteiger partial charge in [-0.25, -0.2) is 8.42 Å². The van der Waals surface area contributed by atoms with Gasteiger partial charge in [0.15, 0.2) is 9.84 Å². The van der Waals surface area contributed by atoms with Crippen molar-refractivity contribution in [3.05, 3.63) is 0 Å². The van der Waals surface area contributed by atoms with Crippen molar-refractivity contribution in [2.24, 2.45) is 5.73 Å². The highest BCUT2D eigenvalue weighted by molar-refractivity contribution is 7.92. The lowest BCUT2D eigenvalue weighted by Crippen LogP contribution is -2.34. The van der Waals surface area contributed by atoms with E-state index in [-0.39, 0.29) is 12.4 Å². The van der Waals surface area contributed by atoms with Crippen LogP contribution in [-0.2, 0) is 9.84 Å². The van der Waals surface area contributed by atoms with Crippen LogP contribution >= 0.6 is 0 Å². The van der Waals surface area contributed by atoms with Gasteiger partial charge in [-0.1, -0.05) is 0 Å². The molecule has 0 rings (SSSR count). The Morgan fingerprint density at radius 2 is 1.85 bits per heavy atom. The Labute approximate surface area is 80.1 Å². The molecule has 3 N–H and O–H groups in total. The molecule has 80 valence electrons. The molecule has 0 aliphatic carbocycles. The summed E-state index contributed by atoms with van der Waals surface area (Å²) in [5, 5.41) is 8.61. The quantitative estimate of drug-likeness (QED) is 0.678. The zero-order valence-electron chi connectivity index (χ0n) is 8.45. The summed E-state index contributed by atoms with van der Waals surface area (Å²) in [7, 11) is -3.09. The Kier molecular flexibility index (Phi) is 4.35. The van der Waals surface area contributed by atoms with Crippen LogP contribution in [0.4, 0.5) is 0 Å². The first-order valence-electron chi connectivity index (χ1n) is 4.29. The largest absolute Gasteiger partial charge is 0.395 e. The summed E-state index contributed by atoms with van der Waals surface area (Å²) < 4.78 is 22.3. The Morgan fingerprint density at radius 3 is 2.15 bits per heavy atom. The van der Waals surface area contributed by atoms with Gasteiger partial charge in [0.25, 0.3) is 0 Å². The van der Waals surface area contributed by atoms with Gasteiger partial charge in [0.2, 0.25) is 0 Å². The topological polar surface area (TPSA) is 80.4 Å². The first-order chi connectivity index (χ1) is 5.70. The number of hydrogen-bond acceptors (Lipinski definition) is 4. The van der Waals surface area contributed by atoms with E-state index in [0.717, 1.165) is 0 Å². The monoisotopic (exact) mass is 209 g/mol. The van der Waals surface area contributed by atoms with Gasteiger partial charge in [0.05, 0.1) is 17.1 Å². The second-order valence-corrected chi connectivity index (χ2v) is 7.03. The van der Waals surface area contributed by atoms with Crippen molar-refractivity contribution in [1.82, 2.24) is 0 Å². The van der Waals surface area contributed by atoms with E-state index in [1.54, 1.807) is 20.8 Å². The normalized spacial score (nSPS) is 15.8. The van der Waals surface area contributed by atoms with E-state index in [9.17, 15) is 8.42 Å². The summed E-state index contributed by atoms with van der Waals surface area (Å²) in [6.45, 7) is 4.81. The Morgan fingerprint density at radius 1 is 1.38 bits per heavy atom. The summed E-state index contributed by atoms with van der Waals surface area (Å²) in [6, 6.07) is -0.433. The fourth-order valence-corrected chi connectivity index (χ4v) is 1.93. The lowest BCUT2D eigenvalue weighted by atomic mass is 10.2. The molecule has 0 saturated carbocycles. The predicted molar refractivity (Wildman–Crippen MR) is 53.2 cm³/mol. The van der Waals surface area contributed by atoms with Gasteiger partial charge >= 0.3 is 0 Å². The zero-order valence-corrected chi connectivity index (χ0v) is 9.26. The third-order valence-electron chi connectivity index (χ3n) is 1.92. The number of sulfone groups is 1.